The number of carbonyl (C=O) groups excluding carboxylic acids is 1. The Bertz CT molecular complexity index is 865. The van der Waals surface area contributed by atoms with Gasteiger partial charge in [0.1, 0.15) is 23.0 Å². The molecule has 3 rings (SSSR count). The Morgan fingerprint density at radius 1 is 1.44 bits per heavy atom. The van der Waals surface area contributed by atoms with Crippen LogP contribution in [0, 0.1) is 5.82 Å². The van der Waals surface area contributed by atoms with E-state index in [0.717, 1.165) is 5.06 Å². The van der Waals surface area contributed by atoms with Gasteiger partial charge in [0.25, 0.3) is 0 Å². The largest absolute Gasteiger partial charge is 0.444 e. The average Bonchev–Trinajstić information content (AvgIpc) is 2.88. The highest BCUT2D eigenvalue weighted by Gasteiger charge is 2.32. The molecule has 2 aromatic rings. The number of nitrogens with zero attached hydrogens (tertiary/aromatic N) is 4. The van der Waals surface area contributed by atoms with Crippen LogP contribution in [0.5, 0.6) is 5.75 Å². The van der Waals surface area contributed by atoms with Crippen molar-refractivity contribution in [1.29, 1.82) is 0 Å². The maximum absolute atomic E-state index is 14.1. The number of amides is 1. The molecule has 0 fully saturated rings. The van der Waals surface area contributed by atoms with Crippen molar-refractivity contribution in [3.8, 4) is 17.1 Å². The van der Waals surface area contributed by atoms with Crippen LogP contribution in [0.15, 0.2) is 10.5 Å². The van der Waals surface area contributed by atoms with Crippen LogP contribution in [0.1, 0.15) is 26.6 Å². The lowest BCUT2D eigenvalue weighted by Gasteiger charge is -2.28. The molecular formula is C15H15BrClFN4O3. The highest BCUT2D eigenvalue weighted by molar-refractivity contribution is 9.10. The van der Waals surface area contributed by atoms with E-state index in [0.29, 0.717) is 11.6 Å². The monoisotopic (exact) mass is 432 g/mol. The predicted octanol–water partition coefficient (Wildman–Crippen LogP) is 4.08. The molecule has 0 saturated carbocycles. The molecule has 1 aliphatic heterocycles. The number of aromatic nitrogens is 3. The Balaban J connectivity index is 2.14. The third-order valence-corrected chi connectivity index (χ3v) is 4.77. The molecule has 0 spiro atoms. The first-order chi connectivity index (χ1) is 11.6. The number of hydrogen-bond donors (Lipinski definition) is 0. The molecule has 134 valence electrons. The maximum atomic E-state index is 14.1. The van der Waals surface area contributed by atoms with Gasteiger partial charge in [0, 0.05) is 7.05 Å². The van der Waals surface area contributed by atoms with Gasteiger partial charge in [-0.25, -0.2) is 9.18 Å². The minimum Gasteiger partial charge on any atom is -0.442 e. The van der Waals surface area contributed by atoms with Crippen LogP contribution in [0.4, 0.5) is 9.18 Å². The number of fused-ring (bicyclic) bond motifs is 4. The molecule has 1 aromatic heterocycles. The Labute approximate surface area is 156 Å². The van der Waals surface area contributed by atoms with E-state index in [1.807, 2.05) is 0 Å². The zero-order valence-electron chi connectivity index (χ0n) is 13.9. The van der Waals surface area contributed by atoms with Crippen molar-refractivity contribution >= 4 is 33.6 Å². The van der Waals surface area contributed by atoms with Gasteiger partial charge in [-0.3, -0.25) is 0 Å². The lowest BCUT2D eigenvalue weighted by molar-refractivity contribution is -0.0796. The fraction of sp³-hybridized carbons (Fsp3) is 0.400. The quantitative estimate of drug-likeness (QED) is 0.586. The SMILES string of the molecule is Cn1c2nnc1-c1cc(F)c(Br)c(Cl)c1ON(C(=O)OC(C)(C)C)C2. The van der Waals surface area contributed by atoms with Gasteiger partial charge in [0.15, 0.2) is 17.4 Å². The molecule has 7 nitrogen and oxygen atoms in total. The summed E-state index contributed by atoms with van der Waals surface area (Å²) >= 11 is 9.30. The van der Waals surface area contributed by atoms with E-state index in [4.69, 9.17) is 21.2 Å². The minimum atomic E-state index is -0.721. The highest BCUT2D eigenvalue weighted by Crippen LogP contribution is 2.43. The van der Waals surface area contributed by atoms with Crippen LogP contribution in [0.3, 0.4) is 0 Å². The van der Waals surface area contributed by atoms with E-state index in [-0.39, 0.29) is 27.4 Å². The first-order valence-corrected chi connectivity index (χ1v) is 8.50. The van der Waals surface area contributed by atoms with Crippen molar-refractivity contribution in [3.63, 3.8) is 0 Å². The molecule has 2 bridgehead atoms. The van der Waals surface area contributed by atoms with Crippen LogP contribution in [-0.2, 0) is 18.3 Å². The van der Waals surface area contributed by atoms with E-state index >= 15 is 0 Å². The van der Waals surface area contributed by atoms with Crippen molar-refractivity contribution in [2.45, 2.75) is 32.9 Å². The molecule has 10 heteroatoms. The smallest absolute Gasteiger partial charge is 0.442 e. The van der Waals surface area contributed by atoms with E-state index in [1.165, 1.54) is 6.07 Å². The molecule has 0 radical (unpaired) electrons. The van der Waals surface area contributed by atoms with E-state index < -0.39 is 17.5 Å². The zero-order valence-corrected chi connectivity index (χ0v) is 16.3. The summed E-state index contributed by atoms with van der Waals surface area (Å²) in [5, 5.41) is 9.04. The molecule has 0 aliphatic carbocycles. The average molecular weight is 434 g/mol. The summed E-state index contributed by atoms with van der Waals surface area (Å²) in [5.74, 6) is 0.330. The summed E-state index contributed by atoms with van der Waals surface area (Å²) < 4.78 is 21.1. The lowest BCUT2D eigenvalue weighted by atomic mass is 10.1. The van der Waals surface area contributed by atoms with Gasteiger partial charge in [-0.15, -0.1) is 15.3 Å². The van der Waals surface area contributed by atoms with E-state index in [9.17, 15) is 9.18 Å². The summed E-state index contributed by atoms with van der Waals surface area (Å²) in [6, 6.07) is 1.22. The number of rotatable bonds is 0. The molecule has 1 aromatic carbocycles. The molecule has 0 unspecified atom stereocenters. The molecule has 1 amide bonds. The summed E-state index contributed by atoms with van der Waals surface area (Å²) in [7, 11) is 1.71. The van der Waals surface area contributed by atoms with Gasteiger partial charge >= 0.3 is 6.09 Å². The number of hydrogen-bond acceptors (Lipinski definition) is 5. The molecule has 2 heterocycles. The van der Waals surface area contributed by atoms with Crippen LogP contribution in [0.2, 0.25) is 5.02 Å². The summed E-state index contributed by atoms with van der Waals surface area (Å²) in [4.78, 5) is 18.2. The van der Waals surface area contributed by atoms with E-state index in [2.05, 4.69) is 26.1 Å². The lowest BCUT2D eigenvalue weighted by Crippen LogP contribution is -2.39. The second-order valence-electron chi connectivity index (χ2n) is 6.47. The molecule has 25 heavy (non-hydrogen) atoms. The van der Waals surface area contributed by atoms with Gasteiger partial charge in [-0.05, 0) is 42.8 Å². The summed E-state index contributed by atoms with van der Waals surface area (Å²) in [5.41, 5.74) is -0.440. The maximum Gasteiger partial charge on any atom is 0.444 e. The molecule has 0 saturated heterocycles. The van der Waals surface area contributed by atoms with Gasteiger partial charge in [0.2, 0.25) is 0 Å². The Kier molecular flexibility index (Phi) is 4.40. The molecule has 0 N–H and O–H groups in total. The van der Waals surface area contributed by atoms with Crippen LogP contribution in [-0.4, -0.2) is 31.5 Å². The Morgan fingerprint density at radius 2 is 2.12 bits per heavy atom. The molecule has 0 atom stereocenters. The Morgan fingerprint density at radius 3 is 2.76 bits per heavy atom. The van der Waals surface area contributed by atoms with Crippen LogP contribution < -0.4 is 4.84 Å². The number of hydroxylamine groups is 2. The standard InChI is InChI=1S/C15H15BrClFN4O3/c1-15(2,3)24-14(23)22-6-9-19-20-13(21(9)4)7-5-8(18)10(16)11(17)12(7)25-22/h5H,6H2,1-4H3. The van der Waals surface area contributed by atoms with Crippen molar-refractivity contribution in [2.75, 3.05) is 0 Å². The Hall–Kier alpha value is -1.87. The third kappa shape index (κ3) is 3.30. The normalized spacial score (nSPS) is 13.6. The molecule has 1 aliphatic rings. The van der Waals surface area contributed by atoms with Crippen molar-refractivity contribution in [1.82, 2.24) is 19.8 Å². The second-order valence-corrected chi connectivity index (χ2v) is 7.64. The number of carbonyl (C=O) groups is 1. The fourth-order valence-electron chi connectivity index (χ4n) is 2.25. The third-order valence-electron chi connectivity index (χ3n) is 3.41. The summed E-state index contributed by atoms with van der Waals surface area (Å²) in [6.07, 6.45) is -0.721. The number of benzene rings is 1. The van der Waals surface area contributed by atoms with Gasteiger partial charge in [-0.2, -0.15) is 0 Å². The van der Waals surface area contributed by atoms with Crippen molar-refractivity contribution in [2.24, 2.45) is 7.05 Å². The number of halogens is 3. The highest BCUT2D eigenvalue weighted by atomic mass is 79.9. The van der Waals surface area contributed by atoms with Crippen LogP contribution in [0.25, 0.3) is 11.4 Å². The number of ether oxygens (including phenoxy) is 1. The van der Waals surface area contributed by atoms with Crippen molar-refractivity contribution in [3.05, 3.63) is 27.2 Å². The first kappa shape index (κ1) is 17.9. The second kappa shape index (κ2) is 6.14. The predicted molar refractivity (Wildman–Crippen MR) is 91.5 cm³/mol. The van der Waals surface area contributed by atoms with Gasteiger partial charge in [0.05, 0.1) is 10.0 Å². The fourth-order valence-corrected chi connectivity index (χ4v) is 2.77. The van der Waals surface area contributed by atoms with Crippen LogP contribution >= 0.6 is 27.5 Å². The minimum absolute atomic E-state index is 0.0107. The van der Waals surface area contributed by atoms with Gasteiger partial charge < -0.3 is 14.1 Å². The zero-order chi connectivity index (χ0) is 18.5. The van der Waals surface area contributed by atoms with Crippen molar-refractivity contribution < 1.29 is 18.8 Å². The molecular weight excluding hydrogens is 419 g/mol. The van der Waals surface area contributed by atoms with Gasteiger partial charge in [-0.1, -0.05) is 11.6 Å². The van der Waals surface area contributed by atoms with E-state index in [1.54, 1.807) is 32.4 Å². The first-order valence-electron chi connectivity index (χ1n) is 7.33. The topological polar surface area (TPSA) is 69.5 Å². The summed E-state index contributed by atoms with van der Waals surface area (Å²) in [6.45, 7) is 5.20.